The van der Waals surface area contributed by atoms with E-state index in [-0.39, 0.29) is 8.96 Å². The zero-order valence-corrected chi connectivity index (χ0v) is 12.7. The average Bonchev–Trinajstić information content (AvgIpc) is 3.18. The van der Waals surface area contributed by atoms with E-state index < -0.39 is 0 Å². The molecule has 1 aromatic carbocycles. The number of aromatic amines is 1. The molecule has 7 heteroatoms. The first-order valence-electron chi connectivity index (χ1n) is 7.53. The molecule has 2 aromatic heterocycles. The molecule has 7 nitrogen and oxygen atoms in total. The number of aromatic nitrogens is 4. The van der Waals surface area contributed by atoms with Gasteiger partial charge in [-0.15, -0.1) is 0 Å². The maximum absolute atomic E-state index is 5.97. The van der Waals surface area contributed by atoms with Crippen molar-refractivity contribution >= 4 is 16.9 Å². The number of nitrogens with one attached hydrogen (secondary N) is 1. The molecule has 3 N–H and O–H groups in total. The molecule has 1 aliphatic heterocycles. The molecule has 3 aromatic rings. The number of nitrogen functional groups attached to an aromatic ring is 1. The molecular formula is C16H21N5O2. The Morgan fingerprint density at radius 2 is 2.30 bits per heavy atom. The second-order valence-electron chi connectivity index (χ2n) is 5.65. The van der Waals surface area contributed by atoms with Gasteiger partial charge in [0.05, 0.1) is 30.4 Å². The van der Waals surface area contributed by atoms with Crippen molar-refractivity contribution in [1.82, 2.24) is 19.9 Å². The van der Waals surface area contributed by atoms with Crippen molar-refractivity contribution in [1.29, 1.82) is 0 Å². The van der Waals surface area contributed by atoms with Crippen LogP contribution in [0.1, 0.15) is 14.8 Å². The van der Waals surface area contributed by atoms with Crippen molar-refractivity contribution in [2.24, 2.45) is 0 Å². The SMILES string of the molecule is Cc1ccc2nc(-c3nc(OC4CCOC4)cnc3N)[nH]c2c1.[HH].[HH]. The third-order valence-electron chi connectivity index (χ3n) is 3.82. The predicted octanol–water partition coefficient (Wildman–Crippen LogP) is 2.57. The highest BCUT2D eigenvalue weighted by atomic mass is 16.5. The van der Waals surface area contributed by atoms with Gasteiger partial charge in [-0.3, -0.25) is 0 Å². The largest absolute Gasteiger partial charge is 0.471 e. The van der Waals surface area contributed by atoms with E-state index in [2.05, 4.69) is 19.9 Å². The summed E-state index contributed by atoms with van der Waals surface area (Å²) in [5.41, 5.74) is 9.43. The van der Waals surface area contributed by atoms with E-state index in [1.807, 2.05) is 25.1 Å². The fourth-order valence-electron chi connectivity index (χ4n) is 2.63. The first kappa shape index (κ1) is 14.0. The van der Waals surface area contributed by atoms with Crippen molar-refractivity contribution in [3.8, 4) is 17.4 Å². The monoisotopic (exact) mass is 315 g/mol. The summed E-state index contributed by atoms with van der Waals surface area (Å²) in [5.74, 6) is 1.33. The summed E-state index contributed by atoms with van der Waals surface area (Å²) in [4.78, 5) is 16.4. The Labute approximate surface area is 135 Å². The predicted molar refractivity (Wildman–Crippen MR) is 90.3 cm³/mol. The van der Waals surface area contributed by atoms with Crippen LogP contribution < -0.4 is 10.5 Å². The zero-order chi connectivity index (χ0) is 15.8. The lowest BCUT2D eigenvalue weighted by Crippen LogP contribution is -2.17. The molecule has 1 unspecified atom stereocenters. The smallest absolute Gasteiger partial charge is 0.233 e. The Hall–Kier alpha value is -2.67. The third kappa shape index (κ3) is 2.70. The number of hydrogen-bond donors (Lipinski definition) is 2. The minimum atomic E-state index is 0. The van der Waals surface area contributed by atoms with Gasteiger partial charge in [-0.2, -0.15) is 0 Å². The van der Waals surface area contributed by atoms with E-state index in [9.17, 15) is 0 Å². The molecule has 0 bridgehead atoms. The Morgan fingerprint density at radius 1 is 1.39 bits per heavy atom. The van der Waals surface area contributed by atoms with Crippen molar-refractivity contribution in [2.75, 3.05) is 18.9 Å². The van der Waals surface area contributed by atoms with E-state index in [4.69, 9.17) is 15.2 Å². The lowest BCUT2D eigenvalue weighted by Gasteiger charge is -2.11. The van der Waals surface area contributed by atoms with Gasteiger partial charge in [0.15, 0.2) is 17.3 Å². The van der Waals surface area contributed by atoms with E-state index in [0.29, 0.717) is 36.4 Å². The van der Waals surface area contributed by atoms with Gasteiger partial charge in [-0.05, 0) is 24.6 Å². The summed E-state index contributed by atoms with van der Waals surface area (Å²) >= 11 is 0. The molecule has 0 aliphatic carbocycles. The normalized spacial score (nSPS) is 17.7. The second kappa shape index (κ2) is 5.51. The molecule has 0 radical (unpaired) electrons. The minimum Gasteiger partial charge on any atom is -0.471 e. The lowest BCUT2D eigenvalue weighted by molar-refractivity contribution is 0.138. The van der Waals surface area contributed by atoms with Crippen molar-refractivity contribution in [2.45, 2.75) is 19.4 Å². The lowest BCUT2D eigenvalue weighted by atomic mass is 10.2. The summed E-state index contributed by atoms with van der Waals surface area (Å²) in [6, 6.07) is 6.01. The summed E-state index contributed by atoms with van der Waals surface area (Å²) in [6.45, 7) is 3.32. The van der Waals surface area contributed by atoms with Crippen LogP contribution >= 0.6 is 0 Å². The van der Waals surface area contributed by atoms with Crippen LogP contribution in [-0.4, -0.2) is 39.3 Å². The number of H-pyrrole nitrogens is 1. The van der Waals surface area contributed by atoms with Crippen molar-refractivity contribution < 1.29 is 12.3 Å². The number of benzene rings is 1. The summed E-state index contributed by atoms with van der Waals surface area (Å²) < 4.78 is 11.1. The standard InChI is InChI=1S/C16H17N5O2.2H2/c1-9-2-3-11-12(6-9)20-16(19-11)14-15(17)18-7-13(21-14)23-10-4-5-22-8-10;;/h2-3,6-7,10H,4-5,8H2,1H3,(H2,17,18)(H,19,20);2*1H. The molecule has 1 atom stereocenters. The number of anilines is 1. The molecule has 1 saturated heterocycles. The highest BCUT2D eigenvalue weighted by Gasteiger charge is 2.19. The third-order valence-corrected chi connectivity index (χ3v) is 3.82. The molecule has 23 heavy (non-hydrogen) atoms. The second-order valence-corrected chi connectivity index (χ2v) is 5.65. The number of aryl methyl sites for hydroxylation is 1. The van der Waals surface area contributed by atoms with E-state index >= 15 is 0 Å². The van der Waals surface area contributed by atoms with Gasteiger partial charge >= 0.3 is 0 Å². The van der Waals surface area contributed by atoms with Crippen LogP contribution in [0.25, 0.3) is 22.6 Å². The topological polar surface area (TPSA) is 98.9 Å². The van der Waals surface area contributed by atoms with E-state index in [0.717, 1.165) is 23.0 Å². The van der Waals surface area contributed by atoms with Crippen molar-refractivity contribution in [3.05, 3.63) is 30.0 Å². The Balaban J connectivity index is 0.00000113. The van der Waals surface area contributed by atoms with Crippen LogP contribution in [0.4, 0.5) is 5.82 Å². The number of hydrogen-bond acceptors (Lipinski definition) is 6. The minimum absolute atomic E-state index is 0. The zero-order valence-electron chi connectivity index (χ0n) is 12.7. The number of nitrogens with zero attached hydrogens (tertiary/aromatic N) is 3. The molecule has 0 amide bonds. The fourth-order valence-corrected chi connectivity index (χ4v) is 2.63. The number of imidazole rings is 1. The molecular weight excluding hydrogens is 294 g/mol. The van der Waals surface area contributed by atoms with Crippen LogP contribution in [0.5, 0.6) is 5.88 Å². The molecule has 0 saturated carbocycles. The van der Waals surface area contributed by atoms with Gasteiger partial charge < -0.3 is 20.2 Å². The first-order valence-corrected chi connectivity index (χ1v) is 7.53. The van der Waals surface area contributed by atoms with E-state index in [1.54, 1.807) is 0 Å². The van der Waals surface area contributed by atoms with Gasteiger partial charge in [0, 0.05) is 9.27 Å². The Morgan fingerprint density at radius 3 is 3.13 bits per heavy atom. The summed E-state index contributed by atoms with van der Waals surface area (Å²) in [6.07, 6.45) is 2.40. The number of nitrogens with two attached hydrogens (primary N) is 1. The molecule has 1 aliphatic rings. The van der Waals surface area contributed by atoms with Crippen LogP contribution in [0.15, 0.2) is 24.4 Å². The summed E-state index contributed by atoms with van der Waals surface area (Å²) in [7, 11) is 0. The van der Waals surface area contributed by atoms with Crippen LogP contribution in [0, 0.1) is 6.92 Å². The van der Waals surface area contributed by atoms with Gasteiger partial charge in [-0.1, -0.05) is 6.07 Å². The highest BCUT2D eigenvalue weighted by Crippen LogP contribution is 2.25. The van der Waals surface area contributed by atoms with Gasteiger partial charge in [-0.25, -0.2) is 15.0 Å². The first-order chi connectivity index (χ1) is 11.2. The van der Waals surface area contributed by atoms with Crippen LogP contribution in [-0.2, 0) is 4.74 Å². The maximum atomic E-state index is 5.97. The summed E-state index contributed by atoms with van der Waals surface area (Å²) in [5, 5.41) is 0. The van der Waals surface area contributed by atoms with Crippen molar-refractivity contribution in [3.63, 3.8) is 0 Å². The Bertz CT molecular complexity index is 865. The number of ether oxygens (including phenoxy) is 2. The maximum Gasteiger partial charge on any atom is 0.233 e. The molecule has 1 fully saturated rings. The van der Waals surface area contributed by atoms with Gasteiger partial charge in [0.25, 0.3) is 0 Å². The highest BCUT2D eigenvalue weighted by molar-refractivity contribution is 5.81. The number of fused-ring (bicyclic) bond motifs is 1. The van der Waals surface area contributed by atoms with Gasteiger partial charge in [0.2, 0.25) is 5.88 Å². The average molecular weight is 315 g/mol. The molecule has 122 valence electrons. The van der Waals surface area contributed by atoms with Crippen LogP contribution in [0.3, 0.4) is 0 Å². The van der Waals surface area contributed by atoms with Gasteiger partial charge in [0.1, 0.15) is 6.10 Å². The fraction of sp³-hybridized carbons (Fsp3) is 0.312. The molecule has 4 rings (SSSR count). The van der Waals surface area contributed by atoms with Crippen LogP contribution in [0.2, 0.25) is 0 Å². The number of rotatable bonds is 3. The molecule has 3 heterocycles. The molecule has 0 spiro atoms. The quantitative estimate of drug-likeness (QED) is 0.770. The van der Waals surface area contributed by atoms with E-state index in [1.165, 1.54) is 6.20 Å². The Kier molecular flexibility index (Phi) is 3.34.